The molecule has 0 saturated heterocycles. The highest BCUT2D eigenvalue weighted by atomic mass is 79.9. The number of benzene rings is 1. The predicted molar refractivity (Wildman–Crippen MR) is 64.0 cm³/mol. The van der Waals surface area contributed by atoms with Gasteiger partial charge < -0.3 is 10.1 Å². The second-order valence-electron chi connectivity index (χ2n) is 3.21. The molecule has 2 N–H and O–H groups in total. The van der Waals surface area contributed by atoms with Crippen LogP contribution in [0.5, 0.6) is 0 Å². The van der Waals surface area contributed by atoms with Gasteiger partial charge in [0, 0.05) is 33.0 Å². The topological polar surface area (TPSA) is 36.0 Å². The summed E-state index contributed by atoms with van der Waals surface area (Å²) in [5, 5.41) is 10.6. The molecule has 1 aromatic heterocycles. The molecule has 1 heterocycles. The zero-order chi connectivity index (χ0) is 10.8. The fourth-order valence-electron chi connectivity index (χ4n) is 1.41. The summed E-state index contributed by atoms with van der Waals surface area (Å²) in [5.74, 6) is 0. The number of aliphatic hydroxyl groups is 1. The molecule has 2 aromatic rings. The lowest BCUT2D eigenvalue weighted by molar-refractivity contribution is 0.220. The van der Waals surface area contributed by atoms with Crippen molar-refractivity contribution in [2.45, 2.75) is 6.10 Å². The predicted octanol–water partition coefficient (Wildman–Crippen LogP) is 3.51. The third-order valence-electron chi connectivity index (χ3n) is 2.19. The molecule has 78 valence electrons. The summed E-state index contributed by atoms with van der Waals surface area (Å²) in [5.41, 5.74) is 1.51. The van der Waals surface area contributed by atoms with Crippen molar-refractivity contribution in [1.29, 1.82) is 0 Å². The maximum Gasteiger partial charge on any atom is 0.107 e. The smallest absolute Gasteiger partial charge is 0.107 e. The average molecular weight is 287 g/mol. The first-order chi connectivity index (χ1) is 7.18. The molecule has 4 heteroatoms. The number of aliphatic hydroxyl groups excluding tert-OH is 1. The zero-order valence-corrected chi connectivity index (χ0v) is 10.1. The Morgan fingerprint density at radius 1 is 1.33 bits per heavy atom. The van der Waals surface area contributed by atoms with Crippen molar-refractivity contribution in [3.8, 4) is 0 Å². The van der Waals surface area contributed by atoms with E-state index in [1.165, 1.54) is 0 Å². The standard InChI is InChI=1S/C11H9BrClNO/c12-8-1-2-9(10(13)5-8)11(15)7-3-4-14-6-7/h1-6,11,14-15H. The first kappa shape index (κ1) is 10.7. The Morgan fingerprint density at radius 2 is 2.13 bits per heavy atom. The average Bonchev–Trinajstić information content (AvgIpc) is 2.69. The van der Waals surface area contributed by atoms with Crippen LogP contribution >= 0.6 is 27.5 Å². The van der Waals surface area contributed by atoms with E-state index in [0.29, 0.717) is 10.6 Å². The van der Waals surface area contributed by atoms with Crippen molar-refractivity contribution in [3.05, 3.63) is 57.3 Å². The summed E-state index contributed by atoms with van der Waals surface area (Å²) >= 11 is 9.36. The molecule has 0 aliphatic carbocycles. The Labute approximate surface area is 101 Å². The van der Waals surface area contributed by atoms with Crippen LogP contribution < -0.4 is 0 Å². The molecule has 0 fully saturated rings. The van der Waals surface area contributed by atoms with Crippen LogP contribution in [-0.4, -0.2) is 10.1 Å². The van der Waals surface area contributed by atoms with Crippen molar-refractivity contribution in [1.82, 2.24) is 4.98 Å². The molecule has 0 radical (unpaired) electrons. The van der Waals surface area contributed by atoms with Crippen LogP contribution in [0, 0.1) is 0 Å². The molecular weight excluding hydrogens is 277 g/mol. The van der Waals surface area contributed by atoms with Gasteiger partial charge in [0.05, 0.1) is 0 Å². The molecular formula is C11H9BrClNO. The second kappa shape index (κ2) is 4.39. The Hall–Kier alpha value is -0.770. The van der Waals surface area contributed by atoms with E-state index in [2.05, 4.69) is 20.9 Å². The number of hydrogen-bond donors (Lipinski definition) is 2. The van der Waals surface area contributed by atoms with E-state index in [9.17, 15) is 5.11 Å². The quantitative estimate of drug-likeness (QED) is 0.871. The van der Waals surface area contributed by atoms with Crippen molar-refractivity contribution in [2.24, 2.45) is 0 Å². The number of aromatic nitrogens is 1. The number of halogens is 2. The molecule has 0 aliphatic rings. The van der Waals surface area contributed by atoms with Crippen molar-refractivity contribution >= 4 is 27.5 Å². The molecule has 1 atom stereocenters. The summed E-state index contributed by atoms with van der Waals surface area (Å²) in [4.78, 5) is 2.90. The summed E-state index contributed by atoms with van der Waals surface area (Å²) in [6.07, 6.45) is 2.84. The molecule has 15 heavy (non-hydrogen) atoms. The Bertz CT molecular complexity index is 456. The van der Waals surface area contributed by atoms with E-state index in [1.807, 2.05) is 18.2 Å². The van der Waals surface area contributed by atoms with Gasteiger partial charge in [0.15, 0.2) is 0 Å². The number of hydrogen-bond acceptors (Lipinski definition) is 1. The van der Waals surface area contributed by atoms with Crippen LogP contribution in [0.1, 0.15) is 17.2 Å². The Kier molecular flexibility index (Phi) is 3.14. The molecule has 0 spiro atoms. The van der Waals surface area contributed by atoms with Crippen LogP contribution in [0.3, 0.4) is 0 Å². The summed E-state index contributed by atoms with van der Waals surface area (Å²) in [7, 11) is 0. The van der Waals surface area contributed by atoms with Crippen LogP contribution in [0.25, 0.3) is 0 Å². The first-order valence-electron chi connectivity index (χ1n) is 4.44. The third kappa shape index (κ3) is 2.25. The van der Waals surface area contributed by atoms with E-state index < -0.39 is 6.10 Å². The fourth-order valence-corrected chi connectivity index (χ4v) is 2.19. The summed E-state index contributed by atoms with van der Waals surface area (Å²) < 4.78 is 0.900. The van der Waals surface area contributed by atoms with Gasteiger partial charge in [0.2, 0.25) is 0 Å². The monoisotopic (exact) mass is 285 g/mol. The van der Waals surface area contributed by atoms with Crippen molar-refractivity contribution in [3.63, 3.8) is 0 Å². The van der Waals surface area contributed by atoms with Gasteiger partial charge in [-0.05, 0) is 18.2 Å². The van der Waals surface area contributed by atoms with Gasteiger partial charge >= 0.3 is 0 Å². The Morgan fingerprint density at radius 3 is 2.73 bits per heavy atom. The Balaban J connectivity index is 2.38. The van der Waals surface area contributed by atoms with Gasteiger partial charge in [-0.2, -0.15) is 0 Å². The van der Waals surface area contributed by atoms with Crippen LogP contribution in [0.15, 0.2) is 41.1 Å². The van der Waals surface area contributed by atoms with Gasteiger partial charge in [-0.15, -0.1) is 0 Å². The minimum absolute atomic E-state index is 0.554. The van der Waals surface area contributed by atoms with E-state index in [0.717, 1.165) is 10.0 Å². The third-order valence-corrected chi connectivity index (χ3v) is 3.02. The molecule has 1 aromatic carbocycles. The molecule has 1 unspecified atom stereocenters. The number of aromatic amines is 1. The lowest BCUT2D eigenvalue weighted by atomic mass is 10.0. The SMILES string of the molecule is OC(c1cc[nH]c1)c1ccc(Br)cc1Cl. The normalized spacial score (nSPS) is 12.7. The molecule has 0 amide bonds. The molecule has 0 aliphatic heterocycles. The van der Waals surface area contributed by atoms with Crippen molar-refractivity contribution in [2.75, 3.05) is 0 Å². The highest BCUT2D eigenvalue weighted by Crippen LogP contribution is 2.30. The van der Waals surface area contributed by atoms with E-state index in [4.69, 9.17) is 11.6 Å². The minimum Gasteiger partial charge on any atom is -0.384 e. The lowest BCUT2D eigenvalue weighted by Gasteiger charge is -2.11. The highest BCUT2D eigenvalue weighted by molar-refractivity contribution is 9.10. The van der Waals surface area contributed by atoms with E-state index in [-0.39, 0.29) is 0 Å². The van der Waals surface area contributed by atoms with Gasteiger partial charge in [0.25, 0.3) is 0 Å². The molecule has 0 saturated carbocycles. The lowest BCUT2D eigenvalue weighted by Crippen LogP contribution is -1.98. The van der Waals surface area contributed by atoms with Crippen LogP contribution in [0.2, 0.25) is 5.02 Å². The van der Waals surface area contributed by atoms with Gasteiger partial charge in [-0.25, -0.2) is 0 Å². The van der Waals surface area contributed by atoms with Gasteiger partial charge in [0.1, 0.15) is 6.10 Å². The molecule has 2 nitrogen and oxygen atoms in total. The van der Waals surface area contributed by atoms with Gasteiger partial charge in [-0.1, -0.05) is 33.6 Å². The van der Waals surface area contributed by atoms with Gasteiger partial charge in [-0.3, -0.25) is 0 Å². The summed E-state index contributed by atoms with van der Waals surface area (Å²) in [6, 6.07) is 7.26. The first-order valence-corrected chi connectivity index (χ1v) is 5.61. The molecule has 0 bridgehead atoms. The van der Waals surface area contributed by atoms with E-state index in [1.54, 1.807) is 18.5 Å². The summed E-state index contributed by atoms with van der Waals surface area (Å²) in [6.45, 7) is 0. The van der Waals surface area contributed by atoms with Crippen molar-refractivity contribution < 1.29 is 5.11 Å². The largest absolute Gasteiger partial charge is 0.384 e. The number of rotatable bonds is 2. The minimum atomic E-state index is -0.683. The van der Waals surface area contributed by atoms with Crippen LogP contribution in [-0.2, 0) is 0 Å². The zero-order valence-electron chi connectivity index (χ0n) is 7.74. The van der Waals surface area contributed by atoms with E-state index >= 15 is 0 Å². The number of H-pyrrole nitrogens is 1. The second-order valence-corrected chi connectivity index (χ2v) is 4.54. The number of nitrogens with one attached hydrogen (secondary N) is 1. The molecule has 2 rings (SSSR count). The van der Waals surface area contributed by atoms with Crippen LogP contribution in [0.4, 0.5) is 0 Å². The fraction of sp³-hybridized carbons (Fsp3) is 0.0909. The highest BCUT2D eigenvalue weighted by Gasteiger charge is 2.13. The maximum absolute atomic E-state index is 10.0. The maximum atomic E-state index is 10.0.